The maximum Gasteiger partial charge on any atom is 0.339 e. The summed E-state index contributed by atoms with van der Waals surface area (Å²) in [6.07, 6.45) is 22.8. The Hall–Kier alpha value is -4.20. The number of aromatic carboxylic acids is 2. The first-order chi connectivity index (χ1) is 28.3. The van der Waals surface area contributed by atoms with Crippen LogP contribution in [0.25, 0.3) is 0 Å². The molecule has 3 aromatic rings. The lowest BCUT2D eigenvalue weighted by atomic mass is 9.77. The third-order valence-corrected chi connectivity index (χ3v) is 12.5. The molecule has 0 heterocycles. The summed E-state index contributed by atoms with van der Waals surface area (Å²) in [5.74, 6) is 2.69. The van der Waals surface area contributed by atoms with Gasteiger partial charge >= 0.3 is 11.9 Å². The van der Waals surface area contributed by atoms with E-state index < -0.39 is 11.9 Å². The Morgan fingerprint density at radius 3 is 1.12 bits per heavy atom. The molecule has 0 amide bonds. The Kier molecular flexibility index (Phi) is 19.1. The van der Waals surface area contributed by atoms with Gasteiger partial charge in [-0.3, -0.25) is 0 Å². The van der Waals surface area contributed by atoms with Crippen molar-refractivity contribution in [1.29, 1.82) is 0 Å². The van der Waals surface area contributed by atoms with E-state index in [0.717, 1.165) is 61.9 Å². The summed E-state index contributed by atoms with van der Waals surface area (Å²) in [6.45, 7) is 6.42. The smallest absolute Gasteiger partial charge is 0.339 e. The van der Waals surface area contributed by atoms with Crippen molar-refractivity contribution in [3.05, 3.63) is 82.9 Å². The second kappa shape index (κ2) is 24.7. The number of carboxylic acids is 2. The summed E-state index contributed by atoms with van der Waals surface area (Å²) in [4.78, 5) is 24.2. The molecule has 58 heavy (non-hydrogen) atoms. The average molecular weight is 799 g/mol. The van der Waals surface area contributed by atoms with Crippen LogP contribution in [0.4, 0.5) is 0 Å². The van der Waals surface area contributed by atoms with Crippen molar-refractivity contribution in [2.75, 3.05) is 26.4 Å². The Morgan fingerprint density at radius 1 is 0.483 bits per heavy atom. The Labute approximate surface area is 348 Å². The average Bonchev–Trinajstić information content (AvgIpc) is 3.24. The zero-order valence-electron chi connectivity index (χ0n) is 35.4. The van der Waals surface area contributed by atoms with E-state index >= 15 is 0 Å². The molecule has 0 aliphatic heterocycles. The number of ether oxygens (including phenoxy) is 4. The number of unbranched alkanes of at least 4 members (excludes halogenated alkanes) is 6. The lowest BCUT2D eigenvalue weighted by Gasteiger charge is -2.28. The van der Waals surface area contributed by atoms with Crippen molar-refractivity contribution < 1.29 is 38.7 Å². The van der Waals surface area contributed by atoms with Crippen LogP contribution in [0.15, 0.2) is 60.7 Å². The van der Waals surface area contributed by atoms with E-state index in [1.54, 1.807) is 0 Å². The molecule has 0 bridgehead atoms. The molecule has 0 aromatic heterocycles. The minimum atomic E-state index is -1.19. The molecule has 0 saturated heterocycles. The number of rotatable bonds is 26. The van der Waals surface area contributed by atoms with Gasteiger partial charge in [0.2, 0.25) is 0 Å². The van der Waals surface area contributed by atoms with Crippen molar-refractivity contribution in [3.8, 4) is 23.0 Å². The van der Waals surface area contributed by atoms with E-state index in [9.17, 15) is 19.8 Å². The third kappa shape index (κ3) is 14.6. The molecule has 2 saturated carbocycles. The highest BCUT2D eigenvalue weighted by atomic mass is 16.5. The van der Waals surface area contributed by atoms with Gasteiger partial charge in [0.25, 0.3) is 0 Å². The van der Waals surface area contributed by atoms with Gasteiger partial charge in [-0.15, -0.1) is 0 Å². The van der Waals surface area contributed by atoms with E-state index in [-0.39, 0.29) is 35.8 Å². The zero-order chi connectivity index (χ0) is 41.0. The summed E-state index contributed by atoms with van der Waals surface area (Å²) < 4.78 is 23.6. The van der Waals surface area contributed by atoms with Crippen LogP contribution in [-0.2, 0) is 0 Å². The molecule has 2 fully saturated rings. The lowest BCUT2D eigenvalue weighted by Crippen LogP contribution is -2.13. The van der Waals surface area contributed by atoms with Crippen LogP contribution >= 0.6 is 0 Å². The highest BCUT2D eigenvalue weighted by molar-refractivity contribution is 5.97. The van der Waals surface area contributed by atoms with Gasteiger partial charge in [0.05, 0.1) is 26.4 Å². The lowest BCUT2D eigenvalue weighted by molar-refractivity contribution is 0.0672. The van der Waals surface area contributed by atoms with Gasteiger partial charge in [-0.05, 0) is 174 Å². The third-order valence-electron chi connectivity index (χ3n) is 12.5. The summed E-state index contributed by atoms with van der Waals surface area (Å²) in [5, 5.41) is 19.8. The molecule has 2 aliphatic rings. The molecule has 2 N–H and O–H groups in total. The van der Waals surface area contributed by atoms with Crippen molar-refractivity contribution in [2.24, 2.45) is 11.8 Å². The summed E-state index contributed by atoms with van der Waals surface area (Å²) >= 11 is 0. The van der Waals surface area contributed by atoms with Crippen LogP contribution in [0, 0.1) is 11.8 Å². The standard InChI is InChI=1S/C50H70O8/c1-3-13-37-15-19-39(20-16-37)41-23-27-43(28-24-41)55-31-9-5-7-11-33-57-47-35-46(50(53)54)48(36-45(47)49(51)52)58-34-12-8-6-10-32-56-44-29-25-42(26-30-44)40-21-17-38(14-4-2)18-22-40/h23-30,35-40H,3-22,31-34H2,1-2H3,(H,51,52)(H,53,54). The molecule has 8 heteroatoms. The summed E-state index contributed by atoms with van der Waals surface area (Å²) in [5.41, 5.74) is 2.65. The topological polar surface area (TPSA) is 112 Å². The van der Waals surface area contributed by atoms with Gasteiger partial charge < -0.3 is 29.2 Å². The van der Waals surface area contributed by atoms with E-state index in [0.29, 0.717) is 37.9 Å². The molecule has 3 aromatic carbocycles. The molecule has 5 rings (SSSR count). The van der Waals surface area contributed by atoms with Crippen molar-refractivity contribution in [1.82, 2.24) is 0 Å². The van der Waals surface area contributed by atoms with Crippen molar-refractivity contribution >= 4 is 11.9 Å². The van der Waals surface area contributed by atoms with Crippen LogP contribution in [0.5, 0.6) is 23.0 Å². The fourth-order valence-electron chi connectivity index (χ4n) is 9.05. The second-order valence-electron chi connectivity index (χ2n) is 16.8. The second-order valence-corrected chi connectivity index (χ2v) is 16.8. The molecule has 0 unspecified atom stereocenters. The van der Waals surface area contributed by atoms with E-state index in [1.165, 1.54) is 100 Å². The number of carboxylic acid groups (broad SMARTS) is 2. The highest BCUT2D eigenvalue weighted by Crippen LogP contribution is 2.39. The minimum Gasteiger partial charge on any atom is -0.494 e. The molecule has 8 nitrogen and oxygen atoms in total. The number of hydrogen-bond donors (Lipinski definition) is 2. The van der Waals surface area contributed by atoms with Gasteiger partial charge in [0, 0.05) is 0 Å². The normalized spacial score (nSPS) is 19.3. The van der Waals surface area contributed by atoms with Crippen molar-refractivity contribution in [2.45, 2.75) is 154 Å². The predicted molar refractivity (Wildman–Crippen MR) is 231 cm³/mol. The molecular weight excluding hydrogens is 729 g/mol. The monoisotopic (exact) mass is 799 g/mol. The van der Waals surface area contributed by atoms with Crippen LogP contribution in [0.3, 0.4) is 0 Å². The van der Waals surface area contributed by atoms with Crippen LogP contribution in [0.1, 0.15) is 186 Å². The molecule has 318 valence electrons. The largest absolute Gasteiger partial charge is 0.494 e. The first-order valence-electron chi connectivity index (χ1n) is 22.7. The van der Waals surface area contributed by atoms with E-state index in [1.807, 2.05) is 0 Å². The van der Waals surface area contributed by atoms with Gasteiger partial charge in [-0.1, -0.05) is 63.8 Å². The van der Waals surface area contributed by atoms with E-state index in [4.69, 9.17) is 18.9 Å². The predicted octanol–water partition coefficient (Wildman–Crippen LogP) is 13.3. The zero-order valence-corrected chi connectivity index (χ0v) is 35.4. The first-order valence-corrected chi connectivity index (χ1v) is 22.7. The first kappa shape index (κ1) is 44.9. The fraction of sp³-hybridized carbons (Fsp3) is 0.600. The maximum atomic E-state index is 12.1. The van der Waals surface area contributed by atoms with Crippen LogP contribution in [0.2, 0.25) is 0 Å². The van der Waals surface area contributed by atoms with Gasteiger partial charge in [-0.2, -0.15) is 0 Å². The van der Waals surface area contributed by atoms with Crippen molar-refractivity contribution in [3.63, 3.8) is 0 Å². The van der Waals surface area contributed by atoms with E-state index in [2.05, 4.69) is 62.4 Å². The fourth-order valence-corrected chi connectivity index (χ4v) is 9.05. The van der Waals surface area contributed by atoms with Crippen LogP contribution < -0.4 is 18.9 Å². The number of carbonyl (C=O) groups is 2. The Morgan fingerprint density at radius 2 is 0.810 bits per heavy atom. The minimum absolute atomic E-state index is 0.0437. The quantitative estimate of drug-likeness (QED) is 0.0772. The SMILES string of the molecule is CCCC1CCC(c2ccc(OCCCCCCOc3cc(C(=O)O)c(OCCCCCCOc4ccc(C5CCC(CCC)CC5)cc4)cc3C(=O)O)cc2)CC1. The summed E-state index contributed by atoms with van der Waals surface area (Å²) in [7, 11) is 0. The van der Waals surface area contributed by atoms with Gasteiger partial charge in [0.15, 0.2) is 0 Å². The van der Waals surface area contributed by atoms with Gasteiger partial charge in [-0.25, -0.2) is 9.59 Å². The Bertz CT molecular complexity index is 1510. The maximum absolute atomic E-state index is 12.1. The molecular formula is C50H70O8. The van der Waals surface area contributed by atoms with Crippen LogP contribution in [-0.4, -0.2) is 48.6 Å². The molecule has 0 radical (unpaired) electrons. The van der Waals surface area contributed by atoms with Gasteiger partial charge in [0.1, 0.15) is 34.1 Å². The molecule has 0 spiro atoms. The summed E-state index contributed by atoms with van der Waals surface area (Å²) in [6, 6.07) is 19.9. The Balaban J connectivity index is 0.934. The highest BCUT2D eigenvalue weighted by Gasteiger charge is 2.24. The molecule has 0 atom stereocenters. The number of benzene rings is 3. The molecule has 2 aliphatic carbocycles. The number of hydrogen-bond acceptors (Lipinski definition) is 6.